The lowest BCUT2D eigenvalue weighted by Gasteiger charge is -2.18. The van der Waals surface area contributed by atoms with E-state index in [1.165, 1.54) is 263 Å². The van der Waals surface area contributed by atoms with E-state index in [0.717, 1.165) is 77.0 Å². The van der Waals surface area contributed by atoms with Gasteiger partial charge in [-0.2, -0.15) is 0 Å². The van der Waals surface area contributed by atoms with Crippen LogP contribution in [0.15, 0.2) is 60.8 Å². The van der Waals surface area contributed by atoms with E-state index in [-0.39, 0.29) is 31.1 Å². The van der Waals surface area contributed by atoms with Crippen LogP contribution in [-0.2, 0) is 28.6 Å². The molecule has 0 aliphatic heterocycles. The molecule has 0 aliphatic carbocycles. The molecule has 0 radical (unpaired) electrons. The van der Waals surface area contributed by atoms with Crippen molar-refractivity contribution in [1.29, 1.82) is 0 Å². The second kappa shape index (κ2) is 69.6. The Labute approximate surface area is 504 Å². The maximum Gasteiger partial charge on any atom is 0.306 e. The van der Waals surface area contributed by atoms with Gasteiger partial charge in [0.1, 0.15) is 13.2 Å². The van der Waals surface area contributed by atoms with E-state index >= 15 is 0 Å². The van der Waals surface area contributed by atoms with E-state index in [9.17, 15) is 14.4 Å². The molecule has 0 fully saturated rings. The van der Waals surface area contributed by atoms with Crippen molar-refractivity contribution in [2.75, 3.05) is 13.2 Å². The second-order valence-corrected chi connectivity index (χ2v) is 24.1. The average molecular weight is 1130 g/mol. The van der Waals surface area contributed by atoms with Gasteiger partial charge in [-0.15, -0.1) is 0 Å². The summed E-state index contributed by atoms with van der Waals surface area (Å²) in [5.41, 5.74) is 0. The Bertz CT molecular complexity index is 1440. The van der Waals surface area contributed by atoms with Gasteiger partial charge in [-0.1, -0.05) is 332 Å². The SMILES string of the molecule is CCCCC/C=C\C/C=C\CCCCCCCCCCCC(=O)OC(COC(=O)CCCCCCCCCCCCC)COC(=O)CCCCCCCCCCCCCCCCCCCC/C=C\C/C=C\C/C=C\CCCCCCC. The van der Waals surface area contributed by atoms with Crippen LogP contribution in [0.3, 0.4) is 0 Å². The standard InChI is InChI=1S/C75H136O6/c1-4-7-10-13-16-19-22-24-26-28-30-31-32-33-34-35-36-37-38-39-40-41-42-43-45-46-48-50-53-56-59-62-65-68-74(77)80-71-72(70-79-73(76)67-64-61-58-55-52-21-18-15-12-9-6-3)81-75(78)69-66-63-60-57-54-51-49-47-44-29-27-25-23-20-17-14-11-8-5-2/h17,20,22,24-25,27-28,30,32-33,72H,4-16,18-19,21,23,26,29,31,34-71H2,1-3H3/b20-17-,24-22-,27-25-,30-28-,33-32-. The Hall–Kier alpha value is -2.89. The van der Waals surface area contributed by atoms with E-state index in [0.29, 0.717) is 19.3 Å². The van der Waals surface area contributed by atoms with Crippen molar-refractivity contribution in [2.45, 2.75) is 386 Å². The van der Waals surface area contributed by atoms with Crippen LogP contribution in [-0.4, -0.2) is 37.2 Å². The lowest BCUT2D eigenvalue weighted by Crippen LogP contribution is -2.30. The molecule has 81 heavy (non-hydrogen) atoms. The molecule has 0 rings (SSSR count). The molecule has 0 heterocycles. The molecule has 1 atom stereocenters. The Morgan fingerprint density at radius 1 is 0.247 bits per heavy atom. The Kier molecular flexibility index (Phi) is 67.1. The molecule has 1 unspecified atom stereocenters. The molecule has 0 saturated carbocycles. The fraction of sp³-hybridized carbons (Fsp3) is 0.827. The van der Waals surface area contributed by atoms with Crippen molar-refractivity contribution in [3.05, 3.63) is 60.8 Å². The summed E-state index contributed by atoms with van der Waals surface area (Å²) in [7, 11) is 0. The molecular weight excluding hydrogens is 997 g/mol. The summed E-state index contributed by atoms with van der Waals surface area (Å²) in [5.74, 6) is -0.852. The molecule has 472 valence electrons. The normalized spacial score (nSPS) is 12.4. The van der Waals surface area contributed by atoms with Gasteiger partial charge in [0.2, 0.25) is 0 Å². The number of unbranched alkanes of at least 4 members (excludes halogenated alkanes) is 45. The summed E-state index contributed by atoms with van der Waals surface area (Å²) in [6.07, 6.45) is 89.7. The number of carbonyl (C=O) groups excluding carboxylic acids is 3. The van der Waals surface area contributed by atoms with Crippen LogP contribution < -0.4 is 0 Å². The first-order valence-corrected chi connectivity index (χ1v) is 35.8. The topological polar surface area (TPSA) is 78.9 Å². The molecule has 0 aliphatic rings. The highest BCUT2D eigenvalue weighted by molar-refractivity contribution is 5.71. The van der Waals surface area contributed by atoms with E-state index in [2.05, 4.69) is 81.5 Å². The zero-order valence-corrected chi connectivity index (χ0v) is 54.3. The highest BCUT2D eigenvalue weighted by Gasteiger charge is 2.19. The largest absolute Gasteiger partial charge is 0.462 e. The monoisotopic (exact) mass is 1130 g/mol. The van der Waals surface area contributed by atoms with Gasteiger partial charge < -0.3 is 14.2 Å². The maximum absolute atomic E-state index is 12.9. The summed E-state index contributed by atoms with van der Waals surface area (Å²) >= 11 is 0. The second-order valence-electron chi connectivity index (χ2n) is 24.1. The van der Waals surface area contributed by atoms with Crippen molar-refractivity contribution in [3.8, 4) is 0 Å². The van der Waals surface area contributed by atoms with Crippen LogP contribution in [0.2, 0.25) is 0 Å². The van der Waals surface area contributed by atoms with E-state index in [1.807, 2.05) is 0 Å². The minimum atomic E-state index is -0.774. The molecular formula is C75H136O6. The number of carbonyl (C=O) groups is 3. The lowest BCUT2D eigenvalue weighted by molar-refractivity contribution is -0.167. The van der Waals surface area contributed by atoms with Crippen LogP contribution in [0.5, 0.6) is 0 Å². The number of hydrogen-bond donors (Lipinski definition) is 0. The fourth-order valence-electron chi connectivity index (χ4n) is 10.6. The minimum absolute atomic E-state index is 0.0706. The molecule has 0 bridgehead atoms. The number of allylic oxidation sites excluding steroid dienone is 10. The summed E-state index contributed by atoms with van der Waals surface area (Å²) < 4.78 is 17.0. The molecule has 0 aromatic rings. The fourth-order valence-corrected chi connectivity index (χ4v) is 10.6. The smallest absolute Gasteiger partial charge is 0.306 e. The van der Waals surface area contributed by atoms with Crippen LogP contribution in [0.1, 0.15) is 380 Å². The zero-order chi connectivity index (χ0) is 58.5. The molecule has 0 amide bonds. The van der Waals surface area contributed by atoms with E-state index in [1.54, 1.807) is 0 Å². The van der Waals surface area contributed by atoms with Gasteiger partial charge >= 0.3 is 17.9 Å². The van der Waals surface area contributed by atoms with Crippen molar-refractivity contribution in [3.63, 3.8) is 0 Å². The molecule has 0 aromatic carbocycles. The van der Waals surface area contributed by atoms with Crippen LogP contribution in [0.4, 0.5) is 0 Å². The highest BCUT2D eigenvalue weighted by Crippen LogP contribution is 2.18. The predicted octanol–water partition coefficient (Wildman–Crippen LogP) is 24.7. The minimum Gasteiger partial charge on any atom is -0.462 e. The summed E-state index contributed by atoms with van der Waals surface area (Å²) in [6, 6.07) is 0. The van der Waals surface area contributed by atoms with Crippen molar-refractivity contribution in [1.82, 2.24) is 0 Å². The highest BCUT2D eigenvalue weighted by atomic mass is 16.6. The third-order valence-electron chi connectivity index (χ3n) is 16.0. The van der Waals surface area contributed by atoms with Gasteiger partial charge in [-0.3, -0.25) is 14.4 Å². The molecule has 0 aromatic heterocycles. The van der Waals surface area contributed by atoms with E-state index < -0.39 is 6.10 Å². The first-order valence-electron chi connectivity index (χ1n) is 35.8. The van der Waals surface area contributed by atoms with Crippen molar-refractivity contribution < 1.29 is 28.6 Å². The summed E-state index contributed by atoms with van der Waals surface area (Å²) in [6.45, 7) is 6.65. The van der Waals surface area contributed by atoms with Gasteiger partial charge in [-0.25, -0.2) is 0 Å². The molecule has 6 heteroatoms. The Morgan fingerprint density at radius 2 is 0.444 bits per heavy atom. The first kappa shape index (κ1) is 78.1. The van der Waals surface area contributed by atoms with Crippen LogP contribution >= 0.6 is 0 Å². The van der Waals surface area contributed by atoms with Gasteiger partial charge in [0.05, 0.1) is 0 Å². The Balaban J connectivity index is 4.12. The summed E-state index contributed by atoms with van der Waals surface area (Å²) in [5, 5.41) is 0. The Morgan fingerprint density at radius 3 is 0.716 bits per heavy atom. The molecule has 6 nitrogen and oxygen atoms in total. The van der Waals surface area contributed by atoms with Gasteiger partial charge in [0, 0.05) is 19.3 Å². The molecule has 0 saturated heterocycles. The number of esters is 3. The summed E-state index contributed by atoms with van der Waals surface area (Å²) in [4.78, 5) is 38.3. The predicted molar refractivity (Wildman–Crippen MR) is 353 cm³/mol. The molecule has 0 spiro atoms. The van der Waals surface area contributed by atoms with Crippen LogP contribution in [0, 0.1) is 0 Å². The lowest BCUT2D eigenvalue weighted by atomic mass is 10.0. The van der Waals surface area contributed by atoms with Crippen LogP contribution in [0.25, 0.3) is 0 Å². The van der Waals surface area contributed by atoms with Gasteiger partial charge in [-0.05, 0) is 89.9 Å². The van der Waals surface area contributed by atoms with Crippen molar-refractivity contribution in [2.24, 2.45) is 0 Å². The molecule has 0 N–H and O–H groups in total. The van der Waals surface area contributed by atoms with Crippen molar-refractivity contribution >= 4 is 17.9 Å². The number of ether oxygens (including phenoxy) is 3. The zero-order valence-electron chi connectivity index (χ0n) is 54.3. The first-order chi connectivity index (χ1) is 40.0. The number of hydrogen-bond acceptors (Lipinski definition) is 6. The number of rotatable bonds is 66. The van der Waals surface area contributed by atoms with Gasteiger partial charge in [0.25, 0.3) is 0 Å². The van der Waals surface area contributed by atoms with Gasteiger partial charge in [0.15, 0.2) is 6.10 Å². The average Bonchev–Trinajstić information content (AvgIpc) is 3.47. The third kappa shape index (κ3) is 67.8. The van der Waals surface area contributed by atoms with E-state index in [4.69, 9.17) is 14.2 Å². The maximum atomic E-state index is 12.9. The quantitative estimate of drug-likeness (QED) is 0.0261. The third-order valence-corrected chi connectivity index (χ3v) is 16.0.